The molecule has 38 heavy (non-hydrogen) atoms. The predicted molar refractivity (Wildman–Crippen MR) is 153 cm³/mol. The Morgan fingerprint density at radius 3 is 2.53 bits per heavy atom. The molecule has 5 aromatic rings. The zero-order valence-corrected chi connectivity index (χ0v) is 21.4. The first-order valence-electron chi connectivity index (χ1n) is 12.9. The minimum atomic E-state index is -0.0914. The van der Waals surface area contributed by atoms with E-state index in [2.05, 4.69) is 33.8 Å². The number of benzene rings is 2. The molecule has 0 amide bonds. The van der Waals surface area contributed by atoms with Gasteiger partial charge in [-0.05, 0) is 73.3 Å². The number of rotatable bonds is 6. The van der Waals surface area contributed by atoms with Gasteiger partial charge in [0.25, 0.3) is 5.56 Å². The fourth-order valence-electron chi connectivity index (χ4n) is 5.02. The van der Waals surface area contributed by atoms with Gasteiger partial charge in [0, 0.05) is 41.0 Å². The fraction of sp³-hybridized carbons (Fsp3) is 0.194. The van der Waals surface area contributed by atoms with Gasteiger partial charge in [-0.2, -0.15) is 4.98 Å². The first kappa shape index (κ1) is 23.9. The second kappa shape index (κ2) is 10.1. The lowest BCUT2D eigenvalue weighted by Crippen LogP contribution is -2.25. The van der Waals surface area contributed by atoms with Crippen molar-refractivity contribution < 1.29 is 4.42 Å². The molecule has 0 saturated carbocycles. The second-order valence-electron chi connectivity index (χ2n) is 9.74. The monoisotopic (exact) mass is 503 g/mol. The Morgan fingerprint density at radius 2 is 1.82 bits per heavy atom. The molecule has 0 fully saturated rings. The van der Waals surface area contributed by atoms with Crippen LogP contribution < -0.4 is 16.2 Å². The van der Waals surface area contributed by atoms with Gasteiger partial charge in [0.2, 0.25) is 5.95 Å². The molecule has 7 heteroatoms. The molecule has 4 heterocycles. The molecule has 2 aromatic carbocycles. The highest BCUT2D eigenvalue weighted by molar-refractivity contribution is 5.88. The normalized spacial score (nSPS) is 13.6. The van der Waals surface area contributed by atoms with Crippen LogP contribution in [0.1, 0.15) is 31.9 Å². The summed E-state index contributed by atoms with van der Waals surface area (Å²) in [7, 11) is 0. The van der Waals surface area contributed by atoms with Gasteiger partial charge in [-0.15, -0.1) is 0 Å². The van der Waals surface area contributed by atoms with Gasteiger partial charge >= 0.3 is 0 Å². The SMILES string of the molecule is CC(C)n1c(=O)c(-c2ccccc2-c2ccoc2)cc2cnc(Nc3ccc(C4=CCNCC4)cc3)nc21. The molecule has 0 spiro atoms. The van der Waals surface area contributed by atoms with Crippen molar-refractivity contribution in [2.24, 2.45) is 0 Å². The first-order valence-corrected chi connectivity index (χ1v) is 12.9. The minimum Gasteiger partial charge on any atom is -0.472 e. The number of anilines is 2. The van der Waals surface area contributed by atoms with Crippen LogP contribution in [0.15, 0.2) is 94.7 Å². The summed E-state index contributed by atoms with van der Waals surface area (Å²) in [4.78, 5) is 23.2. The maximum absolute atomic E-state index is 13.9. The van der Waals surface area contributed by atoms with Crippen molar-refractivity contribution in [1.29, 1.82) is 0 Å². The summed E-state index contributed by atoms with van der Waals surface area (Å²) in [6, 6.07) is 19.9. The molecule has 190 valence electrons. The molecule has 0 radical (unpaired) electrons. The summed E-state index contributed by atoms with van der Waals surface area (Å²) in [5.41, 5.74) is 7.32. The average Bonchev–Trinajstić information content (AvgIpc) is 3.48. The number of pyridine rings is 1. The molecule has 7 nitrogen and oxygen atoms in total. The predicted octanol–water partition coefficient (Wildman–Crippen LogP) is 6.42. The van der Waals surface area contributed by atoms with E-state index in [1.165, 1.54) is 11.1 Å². The molecular weight excluding hydrogens is 474 g/mol. The zero-order chi connectivity index (χ0) is 26.1. The maximum atomic E-state index is 13.9. The van der Waals surface area contributed by atoms with Gasteiger partial charge in [-0.1, -0.05) is 42.5 Å². The molecule has 2 N–H and O–H groups in total. The Hall–Kier alpha value is -4.49. The van der Waals surface area contributed by atoms with Gasteiger partial charge < -0.3 is 15.1 Å². The van der Waals surface area contributed by atoms with Crippen molar-refractivity contribution in [1.82, 2.24) is 19.9 Å². The van der Waals surface area contributed by atoms with E-state index in [1.54, 1.807) is 23.3 Å². The van der Waals surface area contributed by atoms with Crippen LogP contribution in [-0.2, 0) is 0 Å². The Labute approximate surface area is 220 Å². The van der Waals surface area contributed by atoms with E-state index in [0.717, 1.165) is 47.3 Å². The van der Waals surface area contributed by atoms with Gasteiger partial charge in [-0.25, -0.2) is 4.98 Å². The highest BCUT2D eigenvalue weighted by atomic mass is 16.3. The highest BCUT2D eigenvalue weighted by Gasteiger charge is 2.18. The largest absolute Gasteiger partial charge is 0.472 e. The third kappa shape index (κ3) is 4.53. The van der Waals surface area contributed by atoms with Crippen LogP contribution >= 0.6 is 0 Å². The third-order valence-electron chi connectivity index (χ3n) is 6.91. The lowest BCUT2D eigenvalue weighted by Gasteiger charge is -2.17. The second-order valence-corrected chi connectivity index (χ2v) is 9.74. The van der Waals surface area contributed by atoms with Crippen LogP contribution in [0.5, 0.6) is 0 Å². The summed E-state index contributed by atoms with van der Waals surface area (Å²) in [5, 5.41) is 7.45. The smallest absolute Gasteiger partial charge is 0.260 e. The molecule has 0 atom stereocenters. The minimum absolute atomic E-state index is 0.0901. The van der Waals surface area contributed by atoms with Gasteiger partial charge in [0.1, 0.15) is 5.65 Å². The lowest BCUT2D eigenvalue weighted by atomic mass is 9.96. The first-order chi connectivity index (χ1) is 18.6. The van der Waals surface area contributed by atoms with Gasteiger partial charge in [0.15, 0.2) is 0 Å². The third-order valence-corrected chi connectivity index (χ3v) is 6.91. The molecule has 6 rings (SSSR count). The van der Waals surface area contributed by atoms with E-state index in [4.69, 9.17) is 9.40 Å². The number of hydrogen-bond acceptors (Lipinski definition) is 6. The highest BCUT2D eigenvalue weighted by Crippen LogP contribution is 2.32. The molecule has 3 aromatic heterocycles. The van der Waals surface area contributed by atoms with E-state index in [1.807, 2.05) is 62.4 Å². The zero-order valence-electron chi connectivity index (χ0n) is 21.4. The van der Waals surface area contributed by atoms with E-state index in [9.17, 15) is 4.79 Å². The standard InChI is InChI=1S/C31H29N5O2/c1-20(2)36-29-24(17-28(30(36)37)27-6-4-3-5-26(27)23-13-16-38-19-23)18-33-31(35-29)34-25-9-7-21(8-10-25)22-11-14-32-15-12-22/h3-11,13,16-20,32H,12,14-15H2,1-2H3,(H,33,34,35). The van der Waals surface area contributed by atoms with E-state index < -0.39 is 0 Å². The molecule has 0 saturated heterocycles. The summed E-state index contributed by atoms with van der Waals surface area (Å²) in [6.45, 7) is 5.91. The number of furan rings is 1. The summed E-state index contributed by atoms with van der Waals surface area (Å²) in [6.07, 6.45) is 8.38. The quantitative estimate of drug-likeness (QED) is 0.278. The van der Waals surface area contributed by atoms with Crippen LogP contribution in [0.25, 0.3) is 38.9 Å². The molecule has 0 bridgehead atoms. The Morgan fingerprint density at radius 1 is 1.00 bits per heavy atom. The van der Waals surface area contributed by atoms with Crippen molar-refractivity contribution in [2.45, 2.75) is 26.3 Å². The molecule has 0 aliphatic carbocycles. The van der Waals surface area contributed by atoms with Gasteiger partial charge in [0.05, 0.1) is 12.5 Å². The van der Waals surface area contributed by atoms with Gasteiger partial charge in [-0.3, -0.25) is 9.36 Å². The number of fused-ring (bicyclic) bond motifs is 1. The number of aromatic nitrogens is 3. The molecule has 1 aliphatic heterocycles. The Bertz CT molecular complexity index is 1680. The fourth-order valence-corrected chi connectivity index (χ4v) is 5.02. The van der Waals surface area contributed by atoms with Crippen molar-refractivity contribution in [3.63, 3.8) is 0 Å². The maximum Gasteiger partial charge on any atom is 0.260 e. The molecule has 1 aliphatic rings. The van der Waals surface area contributed by atoms with Crippen LogP contribution in [0.4, 0.5) is 11.6 Å². The van der Waals surface area contributed by atoms with Crippen molar-refractivity contribution >= 4 is 28.2 Å². The van der Waals surface area contributed by atoms with E-state index in [-0.39, 0.29) is 11.6 Å². The van der Waals surface area contributed by atoms with Crippen LogP contribution in [-0.4, -0.2) is 27.6 Å². The van der Waals surface area contributed by atoms with Crippen LogP contribution in [0, 0.1) is 0 Å². The number of hydrogen-bond donors (Lipinski definition) is 2. The van der Waals surface area contributed by atoms with E-state index in [0.29, 0.717) is 17.2 Å². The van der Waals surface area contributed by atoms with E-state index >= 15 is 0 Å². The van der Waals surface area contributed by atoms with Crippen molar-refractivity contribution in [3.05, 3.63) is 101 Å². The van der Waals surface area contributed by atoms with Crippen molar-refractivity contribution in [3.8, 4) is 22.3 Å². The number of nitrogens with zero attached hydrogens (tertiary/aromatic N) is 3. The molecular formula is C31H29N5O2. The lowest BCUT2D eigenvalue weighted by molar-refractivity contribution is 0.568. The summed E-state index contributed by atoms with van der Waals surface area (Å²) >= 11 is 0. The summed E-state index contributed by atoms with van der Waals surface area (Å²) < 4.78 is 7.05. The van der Waals surface area contributed by atoms with Crippen LogP contribution in [0.3, 0.4) is 0 Å². The Balaban J connectivity index is 1.38. The van der Waals surface area contributed by atoms with Crippen LogP contribution in [0.2, 0.25) is 0 Å². The average molecular weight is 504 g/mol. The topological polar surface area (TPSA) is 85.0 Å². The summed E-state index contributed by atoms with van der Waals surface area (Å²) in [5.74, 6) is 0.451. The Kier molecular flexibility index (Phi) is 6.35. The van der Waals surface area contributed by atoms with Crippen molar-refractivity contribution in [2.75, 3.05) is 18.4 Å². The molecule has 0 unspecified atom stereocenters. The number of nitrogens with one attached hydrogen (secondary N) is 2.